The average molecular weight is 354 g/mol. The summed E-state index contributed by atoms with van der Waals surface area (Å²) >= 11 is 0. The molecule has 3 rings (SSSR count). The topological polar surface area (TPSA) is 49.9 Å². The predicted octanol–water partition coefficient (Wildman–Crippen LogP) is 2.51. The van der Waals surface area contributed by atoms with E-state index in [-0.39, 0.29) is 24.6 Å². The zero-order valence-electron chi connectivity index (χ0n) is 13.4. The molecule has 8 heteroatoms. The van der Waals surface area contributed by atoms with Crippen molar-refractivity contribution < 1.29 is 27.5 Å². The van der Waals surface area contributed by atoms with Crippen molar-refractivity contribution in [3.8, 4) is 0 Å². The van der Waals surface area contributed by atoms with Crippen molar-refractivity contribution in [2.45, 2.75) is 25.2 Å². The van der Waals surface area contributed by atoms with E-state index >= 15 is 0 Å². The Kier molecular flexibility index (Phi) is 4.55. The van der Waals surface area contributed by atoms with E-state index in [4.69, 9.17) is 0 Å². The molecule has 1 fully saturated rings. The van der Waals surface area contributed by atoms with E-state index in [1.165, 1.54) is 12.1 Å². The number of halogens is 3. The molecule has 1 atom stereocenters. The van der Waals surface area contributed by atoms with Crippen LogP contribution in [0.4, 0.5) is 18.9 Å². The van der Waals surface area contributed by atoms with Crippen LogP contribution in [-0.2, 0) is 16.0 Å². The summed E-state index contributed by atoms with van der Waals surface area (Å²) in [4.78, 5) is 26.7. The third-order valence-electron chi connectivity index (χ3n) is 4.32. The van der Waals surface area contributed by atoms with Crippen LogP contribution in [0.2, 0.25) is 0 Å². The number of alkyl halides is 3. The van der Waals surface area contributed by atoms with Crippen LogP contribution in [0.3, 0.4) is 0 Å². The first-order valence-electron chi connectivity index (χ1n) is 7.89. The van der Waals surface area contributed by atoms with Crippen LogP contribution >= 0.6 is 0 Å². The number of carbonyl (C=O) groups excluding carboxylic acids is 2. The lowest BCUT2D eigenvalue weighted by atomic mass is 9.98. The maximum absolute atomic E-state index is 13.0. The molecule has 0 saturated carbocycles. The molecule has 2 aliphatic heterocycles. The number of amides is 2. The second kappa shape index (κ2) is 6.51. The number of rotatable bonds is 2. The first kappa shape index (κ1) is 17.5. The van der Waals surface area contributed by atoms with Crippen LogP contribution in [0.25, 0.3) is 0 Å². The summed E-state index contributed by atoms with van der Waals surface area (Å²) in [7, 11) is 0. The molecular weight excluding hydrogens is 337 g/mol. The van der Waals surface area contributed by atoms with Crippen LogP contribution in [0.1, 0.15) is 22.3 Å². The van der Waals surface area contributed by atoms with Crippen molar-refractivity contribution in [3.05, 3.63) is 42.0 Å². The van der Waals surface area contributed by atoms with Gasteiger partial charge in [0, 0.05) is 24.3 Å². The van der Waals surface area contributed by atoms with E-state index < -0.39 is 18.3 Å². The zero-order chi connectivity index (χ0) is 18.2. The molecule has 1 saturated heterocycles. The van der Waals surface area contributed by atoms with Gasteiger partial charge in [-0.1, -0.05) is 6.58 Å². The maximum Gasteiger partial charge on any atom is 0.433 e. The quantitative estimate of drug-likeness (QED) is 0.767. The van der Waals surface area contributed by atoms with E-state index in [9.17, 15) is 22.8 Å². The summed E-state index contributed by atoms with van der Waals surface area (Å²) in [6.45, 7) is 3.75. The normalized spacial score (nSPS) is 20.4. The molecule has 25 heavy (non-hydrogen) atoms. The van der Waals surface area contributed by atoms with Gasteiger partial charge in [0.15, 0.2) is 0 Å². The third kappa shape index (κ3) is 3.26. The van der Waals surface area contributed by atoms with Crippen molar-refractivity contribution in [2.24, 2.45) is 0 Å². The highest BCUT2D eigenvalue weighted by molar-refractivity contribution is 6.02. The molecule has 0 spiro atoms. The minimum Gasteiger partial charge on any atom is -0.348 e. The number of aryl methyl sites for hydroxylation is 1. The highest BCUT2D eigenvalue weighted by atomic mass is 19.4. The highest BCUT2D eigenvalue weighted by Gasteiger charge is 2.49. The number of fused-ring (bicyclic) bond motifs is 1. The number of ether oxygens (including phenoxy) is 1. The smallest absolute Gasteiger partial charge is 0.348 e. The van der Waals surface area contributed by atoms with Crippen molar-refractivity contribution in [2.75, 3.05) is 24.6 Å². The zero-order valence-corrected chi connectivity index (χ0v) is 13.4. The first-order chi connectivity index (χ1) is 11.8. The number of hydrogen-bond acceptors (Lipinski definition) is 3. The highest BCUT2D eigenvalue weighted by Crippen LogP contribution is 2.32. The largest absolute Gasteiger partial charge is 0.433 e. The number of benzene rings is 1. The lowest BCUT2D eigenvalue weighted by Gasteiger charge is -2.29. The molecule has 0 aromatic heterocycles. The van der Waals surface area contributed by atoms with Crippen molar-refractivity contribution in [1.82, 2.24) is 4.90 Å². The second-order valence-electron chi connectivity index (χ2n) is 5.90. The Labute approximate surface area is 142 Å². The Bertz CT molecular complexity index is 718. The van der Waals surface area contributed by atoms with E-state index in [1.54, 1.807) is 17.0 Å². The Morgan fingerprint density at radius 1 is 1.28 bits per heavy atom. The van der Waals surface area contributed by atoms with Crippen LogP contribution in [-0.4, -0.2) is 48.8 Å². The Balaban J connectivity index is 1.88. The monoisotopic (exact) mass is 354 g/mol. The van der Waals surface area contributed by atoms with Gasteiger partial charge >= 0.3 is 6.18 Å². The summed E-state index contributed by atoms with van der Waals surface area (Å²) in [5.41, 5.74) is 1.58. The molecule has 2 amide bonds. The SMILES string of the molecule is C=CC(=O)N1CCCc2cc(C(=O)N3CCOC3C(F)(F)F)ccc21. The van der Waals surface area contributed by atoms with Gasteiger partial charge in [-0.2, -0.15) is 13.2 Å². The van der Waals surface area contributed by atoms with Gasteiger partial charge in [0.25, 0.3) is 5.91 Å². The van der Waals surface area contributed by atoms with E-state index in [1.807, 2.05) is 0 Å². The fourth-order valence-electron chi connectivity index (χ4n) is 3.18. The molecule has 0 bridgehead atoms. The molecule has 2 aliphatic rings. The molecule has 5 nitrogen and oxygen atoms in total. The van der Waals surface area contributed by atoms with Gasteiger partial charge in [0.1, 0.15) is 0 Å². The molecule has 0 N–H and O–H groups in total. The lowest BCUT2D eigenvalue weighted by Crippen LogP contribution is -2.45. The van der Waals surface area contributed by atoms with Crippen LogP contribution in [0, 0.1) is 0 Å². The van der Waals surface area contributed by atoms with Crippen LogP contribution in [0.5, 0.6) is 0 Å². The molecule has 0 aliphatic carbocycles. The first-order valence-corrected chi connectivity index (χ1v) is 7.89. The van der Waals surface area contributed by atoms with Gasteiger partial charge in [-0.3, -0.25) is 9.59 Å². The Morgan fingerprint density at radius 2 is 2.04 bits per heavy atom. The summed E-state index contributed by atoms with van der Waals surface area (Å²) < 4.78 is 43.6. The number of nitrogens with zero attached hydrogens (tertiary/aromatic N) is 2. The van der Waals surface area contributed by atoms with Gasteiger partial charge in [0.05, 0.1) is 6.61 Å². The summed E-state index contributed by atoms with van der Waals surface area (Å²) in [5.74, 6) is -0.972. The van der Waals surface area contributed by atoms with Gasteiger partial charge in [0.2, 0.25) is 12.1 Å². The molecule has 134 valence electrons. The average Bonchev–Trinajstić information content (AvgIpc) is 3.09. The Hall–Kier alpha value is -2.35. The molecule has 1 aromatic carbocycles. The van der Waals surface area contributed by atoms with E-state index in [0.717, 1.165) is 5.56 Å². The number of hydrogen-bond donors (Lipinski definition) is 0. The second-order valence-corrected chi connectivity index (χ2v) is 5.90. The van der Waals surface area contributed by atoms with Crippen LogP contribution in [0.15, 0.2) is 30.9 Å². The van der Waals surface area contributed by atoms with Crippen molar-refractivity contribution in [3.63, 3.8) is 0 Å². The fourth-order valence-corrected chi connectivity index (χ4v) is 3.18. The summed E-state index contributed by atoms with van der Waals surface area (Å²) in [5, 5.41) is 0. The summed E-state index contributed by atoms with van der Waals surface area (Å²) in [6.07, 6.45) is -4.27. The standard InChI is InChI=1S/C17H17F3N2O3/c1-2-14(23)21-7-3-4-11-10-12(5-6-13(11)21)15(24)22-8-9-25-16(22)17(18,19)20/h2,5-6,10,16H,1,3-4,7-9H2. The van der Waals surface area contributed by atoms with Crippen molar-refractivity contribution >= 4 is 17.5 Å². The third-order valence-corrected chi connectivity index (χ3v) is 4.32. The molecule has 1 aromatic rings. The number of anilines is 1. The molecule has 2 heterocycles. The Morgan fingerprint density at radius 3 is 2.72 bits per heavy atom. The van der Waals surface area contributed by atoms with Gasteiger partial charge < -0.3 is 14.5 Å². The van der Waals surface area contributed by atoms with Gasteiger partial charge in [-0.15, -0.1) is 0 Å². The summed E-state index contributed by atoms with van der Waals surface area (Å²) in [6, 6.07) is 4.61. The van der Waals surface area contributed by atoms with E-state index in [0.29, 0.717) is 30.0 Å². The van der Waals surface area contributed by atoms with Crippen LogP contribution < -0.4 is 4.90 Å². The fraction of sp³-hybridized carbons (Fsp3) is 0.412. The van der Waals surface area contributed by atoms with Gasteiger partial charge in [-0.25, -0.2) is 0 Å². The predicted molar refractivity (Wildman–Crippen MR) is 84.1 cm³/mol. The minimum absolute atomic E-state index is 0.110. The molecule has 0 radical (unpaired) electrons. The minimum atomic E-state index is -4.63. The number of carbonyl (C=O) groups is 2. The maximum atomic E-state index is 13.0. The van der Waals surface area contributed by atoms with Crippen molar-refractivity contribution in [1.29, 1.82) is 0 Å². The molecular formula is C17H17F3N2O3. The van der Waals surface area contributed by atoms with E-state index in [2.05, 4.69) is 11.3 Å². The molecule has 1 unspecified atom stereocenters. The van der Waals surface area contributed by atoms with Gasteiger partial charge in [-0.05, 0) is 42.7 Å². The lowest BCUT2D eigenvalue weighted by molar-refractivity contribution is -0.232.